The highest BCUT2D eigenvalue weighted by molar-refractivity contribution is 5.94. The standard InChI is InChI=1S/C19H21N5O2/c25-16-9-14(11-6-7-12-10-20-22-15(12)8-11)17-18(21-16)24(23-19(17)26)13-4-2-1-3-5-13/h6-8,10,13-14H,1-5,9H2,(H,20,22)(H,21,25)(H,23,26). The van der Waals surface area contributed by atoms with Crippen molar-refractivity contribution in [2.24, 2.45) is 0 Å². The lowest BCUT2D eigenvalue weighted by Crippen LogP contribution is -2.27. The Labute approximate surface area is 149 Å². The third-order valence-corrected chi connectivity index (χ3v) is 5.77. The van der Waals surface area contributed by atoms with Gasteiger partial charge in [-0.15, -0.1) is 0 Å². The molecule has 1 aliphatic carbocycles. The molecule has 2 aliphatic rings. The smallest absolute Gasteiger partial charge is 0.270 e. The van der Waals surface area contributed by atoms with Crippen LogP contribution in [0.3, 0.4) is 0 Å². The Kier molecular flexibility index (Phi) is 3.48. The van der Waals surface area contributed by atoms with Crippen molar-refractivity contribution in [1.82, 2.24) is 20.0 Å². The number of aromatic amines is 2. The van der Waals surface area contributed by atoms with Gasteiger partial charge in [-0.05, 0) is 24.5 Å². The summed E-state index contributed by atoms with van der Waals surface area (Å²) in [6.07, 6.45) is 7.69. The van der Waals surface area contributed by atoms with Gasteiger partial charge in [-0.3, -0.25) is 24.5 Å². The summed E-state index contributed by atoms with van der Waals surface area (Å²) in [4.78, 5) is 25.2. The minimum Gasteiger partial charge on any atom is -0.311 e. The van der Waals surface area contributed by atoms with Crippen molar-refractivity contribution < 1.29 is 4.79 Å². The Morgan fingerprint density at radius 1 is 1.12 bits per heavy atom. The van der Waals surface area contributed by atoms with E-state index in [1.54, 1.807) is 6.20 Å². The first-order valence-corrected chi connectivity index (χ1v) is 9.28. The van der Waals surface area contributed by atoms with Crippen molar-refractivity contribution in [2.75, 3.05) is 5.32 Å². The molecule has 1 amide bonds. The van der Waals surface area contributed by atoms with Gasteiger partial charge in [0.1, 0.15) is 5.82 Å². The summed E-state index contributed by atoms with van der Waals surface area (Å²) in [5.74, 6) is 0.378. The van der Waals surface area contributed by atoms with Gasteiger partial charge in [-0.1, -0.05) is 31.4 Å². The van der Waals surface area contributed by atoms with E-state index in [2.05, 4.69) is 20.6 Å². The summed E-state index contributed by atoms with van der Waals surface area (Å²) in [5, 5.41) is 14.0. The Hall–Kier alpha value is -2.83. The van der Waals surface area contributed by atoms with Crippen LogP contribution in [0.1, 0.15) is 61.6 Å². The molecular weight excluding hydrogens is 330 g/mol. The summed E-state index contributed by atoms with van der Waals surface area (Å²) < 4.78 is 1.91. The molecule has 1 atom stereocenters. The molecule has 7 heteroatoms. The molecule has 1 unspecified atom stereocenters. The van der Waals surface area contributed by atoms with E-state index >= 15 is 0 Å². The number of benzene rings is 1. The second-order valence-corrected chi connectivity index (χ2v) is 7.39. The van der Waals surface area contributed by atoms with Crippen molar-refractivity contribution >= 4 is 22.6 Å². The number of nitrogens with one attached hydrogen (secondary N) is 3. The van der Waals surface area contributed by atoms with Crippen LogP contribution in [-0.4, -0.2) is 25.9 Å². The molecule has 0 radical (unpaired) electrons. The monoisotopic (exact) mass is 351 g/mol. The van der Waals surface area contributed by atoms with E-state index in [0.29, 0.717) is 11.4 Å². The van der Waals surface area contributed by atoms with Gasteiger partial charge in [0.15, 0.2) is 0 Å². The van der Waals surface area contributed by atoms with Gasteiger partial charge >= 0.3 is 0 Å². The van der Waals surface area contributed by atoms with Crippen LogP contribution in [0, 0.1) is 0 Å². The zero-order chi connectivity index (χ0) is 17.7. The molecule has 1 fully saturated rings. The number of hydrogen-bond donors (Lipinski definition) is 3. The zero-order valence-corrected chi connectivity index (χ0v) is 14.4. The molecule has 0 saturated heterocycles. The molecule has 1 aliphatic heterocycles. The number of amides is 1. The van der Waals surface area contributed by atoms with Crippen LogP contribution in [-0.2, 0) is 4.79 Å². The van der Waals surface area contributed by atoms with Crippen molar-refractivity contribution in [3.8, 4) is 0 Å². The molecule has 7 nitrogen and oxygen atoms in total. The summed E-state index contributed by atoms with van der Waals surface area (Å²) in [5.41, 5.74) is 2.46. The van der Waals surface area contributed by atoms with Crippen molar-refractivity contribution in [1.29, 1.82) is 0 Å². The maximum absolute atomic E-state index is 12.8. The number of rotatable bonds is 2. The van der Waals surface area contributed by atoms with Gasteiger partial charge in [-0.25, -0.2) is 0 Å². The average molecular weight is 351 g/mol. The summed E-state index contributed by atoms with van der Waals surface area (Å²) >= 11 is 0. The average Bonchev–Trinajstić information content (AvgIpc) is 3.25. The van der Waals surface area contributed by atoms with Gasteiger partial charge < -0.3 is 5.32 Å². The van der Waals surface area contributed by atoms with E-state index in [-0.39, 0.29) is 29.8 Å². The number of aromatic nitrogens is 4. The number of nitrogens with zero attached hydrogens (tertiary/aromatic N) is 2. The Morgan fingerprint density at radius 3 is 2.81 bits per heavy atom. The minimum absolute atomic E-state index is 0.0456. The fourth-order valence-corrected chi connectivity index (χ4v) is 4.45. The summed E-state index contributed by atoms with van der Waals surface area (Å²) in [6, 6.07) is 6.22. The van der Waals surface area contributed by atoms with Crippen LogP contribution in [0.25, 0.3) is 10.9 Å². The van der Waals surface area contributed by atoms with E-state index in [9.17, 15) is 9.59 Å². The fourth-order valence-electron chi connectivity index (χ4n) is 4.45. The number of carbonyl (C=O) groups is 1. The van der Waals surface area contributed by atoms with Gasteiger partial charge in [0, 0.05) is 17.7 Å². The number of H-pyrrole nitrogens is 2. The Balaban J connectivity index is 1.62. The molecule has 0 bridgehead atoms. The first-order chi connectivity index (χ1) is 12.7. The third kappa shape index (κ3) is 2.38. The number of anilines is 1. The lowest BCUT2D eigenvalue weighted by molar-refractivity contribution is -0.116. The van der Waals surface area contributed by atoms with Gasteiger partial charge in [0.2, 0.25) is 5.91 Å². The lowest BCUT2D eigenvalue weighted by atomic mass is 9.86. The van der Waals surface area contributed by atoms with Gasteiger partial charge in [-0.2, -0.15) is 5.10 Å². The molecule has 5 rings (SSSR count). The predicted molar refractivity (Wildman–Crippen MR) is 98.4 cm³/mol. The predicted octanol–water partition coefficient (Wildman–Crippen LogP) is 3.03. The first kappa shape index (κ1) is 15.4. The molecule has 2 aromatic heterocycles. The highest BCUT2D eigenvalue weighted by atomic mass is 16.2. The topological polar surface area (TPSA) is 95.6 Å². The van der Waals surface area contributed by atoms with E-state index < -0.39 is 0 Å². The Bertz CT molecular complexity index is 1040. The van der Waals surface area contributed by atoms with E-state index in [0.717, 1.165) is 42.1 Å². The van der Waals surface area contributed by atoms with Crippen molar-refractivity contribution in [3.05, 3.63) is 45.9 Å². The van der Waals surface area contributed by atoms with E-state index in [4.69, 9.17) is 0 Å². The second-order valence-electron chi connectivity index (χ2n) is 7.39. The maximum Gasteiger partial charge on any atom is 0.270 e. The SMILES string of the molecule is O=C1CC(c2ccc3cn[nH]c3c2)c2c(n(C3CCCCC3)[nH]c2=O)N1. The second kappa shape index (κ2) is 5.86. The highest BCUT2D eigenvalue weighted by Gasteiger charge is 2.34. The van der Waals surface area contributed by atoms with Crippen LogP contribution in [0.15, 0.2) is 29.2 Å². The molecule has 3 N–H and O–H groups in total. The third-order valence-electron chi connectivity index (χ3n) is 5.77. The molecule has 3 heterocycles. The van der Waals surface area contributed by atoms with Crippen molar-refractivity contribution in [2.45, 2.75) is 50.5 Å². The molecule has 26 heavy (non-hydrogen) atoms. The van der Waals surface area contributed by atoms with Gasteiger partial charge in [0.25, 0.3) is 5.56 Å². The number of hydrogen-bond acceptors (Lipinski definition) is 3. The fraction of sp³-hybridized carbons (Fsp3) is 0.421. The lowest BCUT2D eigenvalue weighted by Gasteiger charge is -2.28. The summed E-state index contributed by atoms with van der Waals surface area (Å²) in [7, 11) is 0. The first-order valence-electron chi connectivity index (χ1n) is 9.28. The normalized spacial score (nSPS) is 20.9. The van der Waals surface area contributed by atoms with Crippen LogP contribution < -0.4 is 10.9 Å². The molecule has 1 saturated carbocycles. The molecule has 134 valence electrons. The minimum atomic E-state index is -0.236. The van der Waals surface area contributed by atoms with Crippen LogP contribution in [0.4, 0.5) is 5.82 Å². The van der Waals surface area contributed by atoms with Crippen LogP contribution in [0.2, 0.25) is 0 Å². The molecular formula is C19H21N5O2. The van der Waals surface area contributed by atoms with Crippen LogP contribution >= 0.6 is 0 Å². The maximum atomic E-state index is 12.8. The molecule has 1 aromatic carbocycles. The Morgan fingerprint density at radius 2 is 1.96 bits per heavy atom. The number of carbonyl (C=O) groups excluding carboxylic acids is 1. The quantitative estimate of drug-likeness (QED) is 0.662. The zero-order valence-electron chi connectivity index (χ0n) is 14.4. The van der Waals surface area contributed by atoms with Crippen molar-refractivity contribution in [3.63, 3.8) is 0 Å². The van der Waals surface area contributed by atoms with Crippen LogP contribution in [0.5, 0.6) is 0 Å². The molecule has 0 spiro atoms. The largest absolute Gasteiger partial charge is 0.311 e. The summed E-state index contributed by atoms with van der Waals surface area (Å²) in [6.45, 7) is 0. The number of fused-ring (bicyclic) bond motifs is 2. The molecule has 3 aromatic rings. The highest BCUT2D eigenvalue weighted by Crippen LogP contribution is 2.38. The van der Waals surface area contributed by atoms with Gasteiger partial charge in [0.05, 0.1) is 23.3 Å². The van der Waals surface area contributed by atoms with E-state index in [1.807, 2.05) is 22.9 Å². The van der Waals surface area contributed by atoms with E-state index in [1.165, 1.54) is 6.42 Å².